The molecule has 3 saturated carbocycles. The highest BCUT2D eigenvalue weighted by atomic mass is 35.5. The Kier molecular flexibility index (Phi) is 13.9. The van der Waals surface area contributed by atoms with Gasteiger partial charge in [-0.15, -0.1) is 12.4 Å². The van der Waals surface area contributed by atoms with Crippen molar-refractivity contribution < 1.29 is 43.2 Å². The first-order valence-electron chi connectivity index (χ1n) is 13.5. The van der Waals surface area contributed by atoms with Crippen molar-refractivity contribution in [1.82, 2.24) is 0 Å². The Hall–Kier alpha value is -1.91. The largest absolute Gasteiger partial charge is 0.466 e. The summed E-state index contributed by atoms with van der Waals surface area (Å²) in [6, 6.07) is 0. The number of aliphatic hydroxyl groups is 1. The summed E-state index contributed by atoms with van der Waals surface area (Å²) in [5, 5.41) is 9.00. The van der Waals surface area contributed by atoms with Crippen LogP contribution in [0.3, 0.4) is 0 Å². The number of rotatable bonds is 9. The smallest absolute Gasteiger partial charge is 0.326 e. The average molecular weight is 580 g/mol. The minimum atomic E-state index is -0.601. The molecule has 228 valence electrons. The quantitative estimate of drug-likeness (QED) is 0.302. The number of nitrogens with two attached hydrogens (primary N) is 1. The van der Waals surface area contributed by atoms with Crippen LogP contribution < -0.4 is 5.73 Å². The number of hydrogen-bond donors (Lipinski definition) is 2. The molecule has 3 aliphatic carbocycles. The third kappa shape index (κ3) is 14.3. The summed E-state index contributed by atoms with van der Waals surface area (Å²) in [6.45, 7) is 15.4. The fourth-order valence-corrected chi connectivity index (χ4v) is 3.41. The van der Waals surface area contributed by atoms with E-state index >= 15 is 0 Å². The number of carbonyl (C=O) groups is 4. The molecule has 0 amide bonds. The molecule has 0 unspecified atom stereocenters. The van der Waals surface area contributed by atoms with Crippen LogP contribution in [0.1, 0.15) is 107 Å². The summed E-state index contributed by atoms with van der Waals surface area (Å²) in [5.41, 5.74) is 3.27. The predicted molar refractivity (Wildman–Crippen MR) is 148 cm³/mol. The van der Waals surface area contributed by atoms with Crippen molar-refractivity contribution in [1.29, 1.82) is 0 Å². The van der Waals surface area contributed by atoms with Gasteiger partial charge in [-0.1, -0.05) is 0 Å². The highest BCUT2D eigenvalue weighted by Crippen LogP contribution is 2.50. The van der Waals surface area contributed by atoms with Crippen LogP contribution in [0, 0.1) is 10.8 Å². The zero-order valence-electron chi connectivity index (χ0n) is 25.0. The molecule has 0 atom stereocenters. The molecule has 3 aliphatic rings. The number of esters is 4. The molecular weight excluding hydrogens is 530 g/mol. The van der Waals surface area contributed by atoms with Crippen LogP contribution in [0.2, 0.25) is 0 Å². The Morgan fingerprint density at radius 2 is 1.13 bits per heavy atom. The van der Waals surface area contributed by atoms with Crippen molar-refractivity contribution in [3.8, 4) is 0 Å². The third-order valence-corrected chi connectivity index (χ3v) is 6.17. The molecule has 10 nitrogen and oxygen atoms in total. The molecule has 0 aromatic rings. The number of carbonyl (C=O) groups excluding carboxylic acids is 4. The molecule has 0 bridgehead atoms. The molecule has 0 spiro atoms. The van der Waals surface area contributed by atoms with Crippen LogP contribution in [0.4, 0.5) is 0 Å². The van der Waals surface area contributed by atoms with Crippen molar-refractivity contribution in [3.63, 3.8) is 0 Å². The fourth-order valence-electron chi connectivity index (χ4n) is 3.41. The molecule has 0 heterocycles. The van der Waals surface area contributed by atoms with Crippen molar-refractivity contribution in [2.75, 3.05) is 19.8 Å². The van der Waals surface area contributed by atoms with E-state index in [2.05, 4.69) is 0 Å². The fraction of sp³-hybridized carbons (Fsp3) is 0.857. The van der Waals surface area contributed by atoms with Gasteiger partial charge in [-0.25, -0.2) is 0 Å². The van der Waals surface area contributed by atoms with Gasteiger partial charge in [-0.05, 0) is 93.9 Å². The molecule has 0 radical (unpaired) electrons. The SMILES string of the molecule is CC(C)(C)OC(=O)CC1(CO)CC1.CCOC(=O)C1(CC(=O)OC(C)(C)C)CC1.CCOC(=O)C1(N)CC1.Cl. The standard InChI is InChI=1S/C12H20O4.C10H18O3.C6H11NO2.ClH/c1-5-15-10(14)12(6-7-12)8-9(13)16-11(2,3)4;1-9(2,3)13-8(12)6-10(7-11)4-5-10;1-2-9-5(8)6(7)3-4-6;/h5-8H2,1-4H3;11H,4-7H2,1-3H3;2-4,7H2,1H3;1H. The summed E-state index contributed by atoms with van der Waals surface area (Å²) < 4.78 is 20.0. The van der Waals surface area contributed by atoms with Crippen molar-refractivity contribution in [2.24, 2.45) is 16.6 Å². The Morgan fingerprint density at radius 1 is 0.718 bits per heavy atom. The average Bonchev–Trinajstić information content (AvgIpc) is 3.63. The van der Waals surface area contributed by atoms with E-state index in [1.165, 1.54) is 0 Å². The maximum absolute atomic E-state index is 11.6. The topological polar surface area (TPSA) is 151 Å². The van der Waals surface area contributed by atoms with Crippen LogP contribution in [0.25, 0.3) is 0 Å². The normalized spacial score (nSPS) is 18.7. The zero-order valence-corrected chi connectivity index (χ0v) is 25.8. The van der Waals surface area contributed by atoms with E-state index in [-0.39, 0.29) is 54.7 Å². The van der Waals surface area contributed by atoms with Gasteiger partial charge in [-0.3, -0.25) is 19.2 Å². The summed E-state index contributed by atoms with van der Waals surface area (Å²) >= 11 is 0. The summed E-state index contributed by atoms with van der Waals surface area (Å²) in [6.07, 6.45) is 5.42. The van der Waals surface area contributed by atoms with Crippen LogP contribution in [0.5, 0.6) is 0 Å². The second-order valence-corrected chi connectivity index (χ2v) is 12.6. The van der Waals surface area contributed by atoms with Gasteiger partial charge in [0.1, 0.15) is 16.7 Å². The van der Waals surface area contributed by atoms with Gasteiger partial charge in [0.25, 0.3) is 0 Å². The van der Waals surface area contributed by atoms with Gasteiger partial charge >= 0.3 is 23.9 Å². The van der Waals surface area contributed by atoms with Gasteiger partial charge in [0.05, 0.1) is 31.5 Å². The lowest BCUT2D eigenvalue weighted by atomic mass is 10.0. The lowest BCUT2D eigenvalue weighted by Gasteiger charge is -2.21. The molecule has 3 N–H and O–H groups in total. The van der Waals surface area contributed by atoms with Gasteiger partial charge in [-0.2, -0.15) is 0 Å². The van der Waals surface area contributed by atoms with Crippen LogP contribution in [0.15, 0.2) is 0 Å². The van der Waals surface area contributed by atoms with Crippen LogP contribution >= 0.6 is 12.4 Å². The second kappa shape index (κ2) is 14.6. The third-order valence-electron chi connectivity index (χ3n) is 6.17. The molecule has 11 heteroatoms. The maximum atomic E-state index is 11.6. The molecule has 0 saturated heterocycles. The summed E-state index contributed by atoms with van der Waals surface area (Å²) in [7, 11) is 0. The molecule has 0 aromatic heterocycles. The van der Waals surface area contributed by atoms with E-state index in [9.17, 15) is 19.2 Å². The molecular formula is C28H50ClNO9. The van der Waals surface area contributed by atoms with Crippen molar-refractivity contribution in [3.05, 3.63) is 0 Å². The Balaban J connectivity index is 0.000000568. The lowest BCUT2D eigenvalue weighted by molar-refractivity contribution is -0.162. The van der Waals surface area contributed by atoms with E-state index in [1.807, 2.05) is 41.5 Å². The number of hydrogen-bond acceptors (Lipinski definition) is 10. The van der Waals surface area contributed by atoms with E-state index in [0.717, 1.165) is 38.5 Å². The van der Waals surface area contributed by atoms with Crippen LogP contribution in [-0.4, -0.2) is 65.5 Å². The Morgan fingerprint density at radius 3 is 1.44 bits per heavy atom. The highest BCUT2D eigenvalue weighted by molar-refractivity contribution is 5.86. The number of ether oxygens (including phenoxy) is 4. The van der Waals surface area contributed by atoms with Gasteiger partial charge in [0.2, 0.25) is 0 Å². The highest BCUT2D eigenvalue weighted by Gasteiger charge is 2.53. The summed E-state index contributed by atoms with van der Waals surface area (Å²) in [5.74, 6) is -1.03. The van der Waals surface area contributed by atoms with E-state index in [1.54, 1.807) is 13.8 Å². The first-order valence-corrected chi connectivity index (χ1v) is 13.5. The molecule has 3 fully saturated rings. The minimum absolute atomic E-state index is 0. The van der Waals surface area contributed by atoms with E-state index in [0.29, 0.717) is 19.6 Å². The molecule has 39 heavy (non-hydrogen) atoms. The first-order chi connectivity index (χ1) is 17.3. The Labute approximate surface area is 239 Å². The van der Waals surface area contributed by atoms with E-state index < -0.39 is 22.2 Å². The van der Waals surface area contributed by atoms with E-state index in [4.69, 9.17) is 29.8 Å². The summed E-state index contributed by atoms with van der Waals surface area (Å²) in [4.78, 5) is 45.3. The predicted octanol–water partition coefficient (Wildman–Crippen LogP) is 4.01. The van der Waals surface area contributed by atoms with Crippen molar-refractivity contribution >= 4 is 36.3 Å². The molecule has 3 rings (SSSR count). The monoisotopic (exact) mass is 579 g/mol. The van der Waals surface area contributed by atoms with Gasteiger partial charge < -0.3 is 29.8 Å². The van der Waals surface area contributed by atoms with Crippen molar-refractivity contribution in [2.45, 2.75) is 123 Å². The second-order valence-electron chi connectivity index (χ2n) is 12.6. The Bertz CT molecular complexity index is 833. The minimum Gasteiger partial charge on any atom is -0.466 e. The zero-order chi connectivity index (χ0) is 29.4. The molecule has 0 aliphatic heterocycles. The van der Waals surface area contributed by atoms with Gasteiger partial charge in [0.15, 0.2) is 0 Å². The number of aliphatic hydroxyl groups excluding tert-OH is 1. The first kappa shape index (κ1) is 37.1. The lowest BCUT2D eigenvalue weighted by Crippen LogP contribution is -2.34. The van der Waals surface area contributed by atoms with Crippen LogP contribution in [-0.2, 0) is 38.1 Å². The van der Waals surface area contributed by atoms with Gasteiger partial charge in [0, 0.05) is 12.0 Å². The molecule has 0 aromatic carbocycles. The maximum Gasteiger partial charge on any atom is 0.326 e. The number of halogens is 1.